The third-order valence-electron chi connectivity index (χ3n) is 2.34. The number of nitrogens with zero attached hydrogens (tertiary/aromatic N) is 1. The Bertz CT molecular complexity index is 213. The van der Waals surface area contributed by atoms with Crippen LogP contribution < -0.4 is 0 Å². The molecule has 0 N–H and O–H groups in total. The molecule has 0 amide bonds. The van der Waals surface area contributed by atoms with E-state index in [1.807, 2.05) is 0 Å². The second kappa shape index (κ2) is 5.02. The third kappa shape index (κ3) is 2.72. The molecule has 1 aromatic rings. The van der Waals surface area contributed by atoms with E-state index in [0.717, 1.165) is 0 Å². The first-order chi connectivity index (χ1) is 5.84. The van der Waals surface area contributed by atoms with Crippen molar-refractivity contribution in [3.05, 3.63) is 24.0 Å². The highest BCUT2D eigenvalue weighted by molar-refractivity contribution is 5.06. The predicted molar refractivity (Wildman–Crippen MR) is 53.3 cm³/mol. The fraction of sp³-hybridized carbons (Fsp3) is 0.636. The molecule has 0 saturated carbocycles. The number of rotatable bonds is 5. The van der Waals surface area contributed by atoms with Gasteiger partial charge in [0.15, 0.2) is 0 Å². The Morgan fingerprint density at radius 3 is 2.67 bits per heavy atom. The lowest BCUT2D eigenvalue weighted by Crippen LogP contribution is -1.94. The molecule has 12 heavy (non-hydrogen) atoms. The van der Waals surface area contributed by atoms with Crippen LogP contribution in [0.3, 0.4) is 0 Å². The molecule has 0 unspecified atom stereocenters. The molecule has 0 bridgehead atoms. The summed E-state index contributed by atoms with van der Waals surface area (Å²) >= 11 is 0. The predicted octanol–water partition coefficient (Wildman–Crippen LogP) is 3.15. The van der Waals surface area contributed by atoms with Crippen molar-refractivity contribution in [1.82, 2.24) is 4.57 Å². The zero-order valence-corrected chi connectivity index (χ0v) is 8.21. The van der Waals surface area contributed by atoms with Gasteiger partial charge in [-0.3, -0.25) is 0 Å². The molecule has 0 spiro atoms. The molecule has 1 rings (SSSR count). The van der Waals surface area contributed by atoms with Crippen LogP contribution in [0, 0.1) is 0 Å². The summed E-state index contributed by atoms with van der Waals surface area (Å²) in [7, 11) is 2.12. The van der Waals surface area contributed by atoms with E-state index < -0.39 is 0 Å². The van der Waals surface area contributed by atoms with Gasteiger partial charge in [-0.05, 0) is 25.0 Å². The molecule has 0 radical (unpaired) electrons. The summed E-state index contributed by atoms with van der Waals surface area (Å²) in [5.74, 6) is 0. The van der Waals surface area contributed by atoms with Crippen LogP contribution in [0.4, 0.5) is 0 Å². The zero-order chi connectivity index (χ0) is 8.81. The summed E-state index contributed by atoms with van der Waals surface area (Å²) in [5.41, 5.74) is 1.46. The van der Waals surface area contributed by atoms with Gasteiger partial charge in [0, 0.05) is 18.9 Å². The maximum atomic E-state index is 2.25. The molecule has 0 aromatic carbocycles. The Hall–Kier alpha value is -0.720. The van der Waals surface area contributed by atoms with Gasteiger partial charge in [-0.25, -0.2) is 0 Å². The Kier molecular flexibility index (Phi) is 3.92. The van der Waals surface area contributed by atoms with E-state index >= 15 is 0 Å². The van der Waals surface area contributed by atoms with E-state index in [0.29, 0.717) is 0 Å². The van der Waals surface area contributed by atoms with Gasteiger partial charge < -0.3 is 4.57 Å². The van der Waals surface area contributed by atoms with Gasteiger partial charge in [-0.1, -0.05) is 26.2 Å². The highest BCUT2D eigenvalue weighted by Gasteiger charge is 1.95. The Labute approximate surface area is 75.4 Å². The highest BCUT2D eigenvalue weighted by atomic mass is 14.9. The standard InChI is InChI=1S/C11H19N/c1-3-4-5-6-8-11-9-7-10-12(11)2/h7,9-10H,3-6,8H2,1-2H3. The van der Waals surface area contributed by atoms with Gasteiger partial charge in [-0.2, -0.15) is 0 Å². The molecule has 1 aromatic heterocycles. The average molecular weight is 165 g/mol. The molecule has 0 atom stereocenters. The Balaban J connectivity index is 2.20. The molecule has 0 aliphatic rings. The highest BCUT2D eigenvalue weighted by Crippen LogP contribution is 2.07. The van der Waals surface area contributed by atoms with Gasteiger partial charge in [-0.15, -0.1) is 0 Å². The summed E-state index contributed by atoms with van der Waals surface area (Å²) in [6.45, 7) is 2.25. The topological polar surface area (TPSA) is 4.93 Å². The number of aromatic nitrogens is 1. The average Bonchev–Trinajstić information content (AvgIpc) is 2.46. The van der Waals surface area contributed by atoms with E-state index in [4.69, 9.17) is 0 Å². The molecule has 0 saturated heterocycles. The molecular formula is C11H19N. The minimum atomic E-state index is 1.24. The molecule has 1 heterocycles. The van der Waals surface area contributed by atoms with Crippen molar-refractivity contribution in [3.8, 4) is 0 Å². The van der Waals surface area contributed by atoms with Crippen molar-refractivity contribution in [3.63, 3.8) is 0 Å². The monoisotopic (exact) mass is 165 g/mol. The van der Waals surface area contributed by atoms with Crippen molar-refractivity contribution in [2.45, 2.75) is 39.0 Å². The molecule has 0 fully saturated rings. The summed E-state index contributed by atoms with van der Waals surface area (Å²) in [4.78, 5) is 0. The lowest BCUT2D eigenvalue weighted by Gasteiger charge is -2.02. The molecule has 1 nitrogen and oxygen atoms in total. The van der Waals surface area contributed by atoms with Crippen LogP contribution in [-0.2, 0) is 13.5 Å². The first kappa shape index (κ1) is 9.37. The molecular weight excluding hydrogens is 146 g/mol. The lowest BCUT2D eigenvalue weighted by molar-refractivity contribution is 0.648. The molecule has 1 heteroatoms. The Morgan fingerprint density at radius 1 is 1.25 bits per heavy atom. The molecule has 0 aliphatic heterocycles. The first-order valence-electron chi connectivity index (χ1n) is 4.95. The zero-order valence-electron chi connectivity index (χ0n) is 8.21. The number of unbranched alkanes of at least 4 members (excludes halogenated alkanes) is 3. The van der Waals surface area contributed by atoms with Gasteiger partial charge in [0.25, 0.3) is 0 Å². The lowest BCUT2D eigenvalue weighted by atomic mass is 10.1. The molecule has 68 valence electrons. The van der Waals surface area contributed by atoms with E-state index in [1.165, 1.54) is 37.8 Å². The van der Waals surface area contributed by atoms with Crippen LogP contribution in [0.25, 0.3) is 0 Å². The van der Waals surface area contributed by atoms with Crippen LogP contribution in [0.2, 0.25) is 0 Å². The fourth-order valence-corrected chi connectivity index (χ4v) is 1.49. The van der Waals surface area contributed by atoms with Crippen molar-refractivity contribution in [2.75, 3.05) is 0 Å². The smallest absolute Gasteiger partial charge is 0.0171 e. The van der Waals surface area contributed by atoms with E-state index in [9.17, 15) is 0 Å². The van der Waals surface area contributed by atoms with Crippen LogP contribution >= 0.6 is 0 Å². The number of hydrogen-bond acceptors (Lipinski definition) is 0. The normalized spacial score (nSPS) is 10.5. The summed E-state index contributed by atoms with van der Waals surface area (Å²) < 4.78 is 2.21. The van der Waals surface area contributed by atoms with Gasteiger partial charge >= 0.3 is 0 Å². The molecule has 0 aliphatic carbocycles. The minimum absolute atomic E-state index is 1.24. The maximum Gasteiger partial charge on any atom is 0.0171 e. The largest absolute Gasteiger partial charge is 0.354 e. The maximum absolute atomic E-state index is 2.25. The SMILES string of the molecule is CCCCCCc1cccn1C. The van der Waals surface area contributed by atoms with E-state index in [2.05, 4.69) is 36.9 Å². The van der Waals surface area contributed by atoms with Crippen molar-refractivity contribution in [1.29, 1.82) is 0 Å². The van der Waals surface area contributed by atoms with E-state index in [-0.39, 0.29) is 0 Å². The van der Waals surface area contributed by atoms with Gasteiger partial charge in [0.1, 0.15) is 0 Å². The number of hydrogen-bond donors (Lipinski definition) is 0. The van der Waals surface area contributed by atoms with Crippen molar-refractivity contribution in [2.24, 2.45) is 7.05 Å². The summed E-state index contributed by atoms with van der Waals surface area (Å²) in [6.07, 6.45) is 8.78. The summed E-state index contributed by atoms with van der Waals surface area (Å²) in [5, 5.41) is 0. The summed E-state index contributed by atoms with van der Waals surface area (Å²) in [6, 6.07) is 4.33. The van der Waals surface area contributed by atoms with Crippen LogP contribution in [-0.4, -0.2) is 4.57 Å². The fourth-order valence-electron chi connectivity index (χ4n) is 1.49. The van der Waals surface area contributed by atoms with Gasteiger partial charge in [0.2, 0.25) is 0 Å². The van der Waals surface area contributed by atoms with E-state index in [1.54, 1.807) is 0 Å². The Morgan fingerprint density at radius 2 is 2.08 bits per heavy atom. The van der Waals surface area contributed by atoms with Crippen LogP contribution in [0.1, 0.15) is 38.3 Å². The van der Waals surface area contributed by atoms with Gasteiger partial charge in [0.05, 0.1) is 0 Å². The quantitative estimate of drug-likeness (QED) is 0.591. The minimum Gasteiger partial charge on any atom is -0.354 e. The second-order valence-electron chi connectivity index (χ2n) is 3.42. The van der Waals surface area contributed by atoms with Crippen LogP contribution in [0.15, 0.2) is 18.3 Å². The second-order valence-corrected chi connectivity index (χ2v) is 3.42. The van der Waals surface area contributed by atoms with Crippen molar-refractivity contribution < 1.29 is 0 Å². The van der Waals surface area contributed by atoms with Crippen molar-refractivity contribution >= 4 is 0 Å². The first-order valence-corrected chi connectivity index (χ1v) is 4.95. The third-order valence-corrected chi connectivity index (χ3v) is 2.34. The number of aryl methyl sites for hydroxylation is 2. The van der Waals surface area contributed by atoms with Crippen LogP contribution in [0.5, 0.6) is 0 Å².